The lowest BCUT2D eigenvalue weighted by Crippen LogP contribution is -2.14. The Morgan fingerprint density at radius 1 is 1.03 bits per heavy atom. The van der Waals surface area contributed by atoms with Crippen LogP contribution in [0.5, 0.6) is 0 Å². The predicted molar refractivity (Wildman–Crippen MR) is 131 cm³/mol. The van der Waals surface area contributed by atoms with E-state index in [1.54, 1.807) is 24.5 Å². The third-order valence-corrected chi connectivity index (χ3v) is 5.79. The van der Waals surface area contributed by atoms with Crippen molar-refractivity contribution in [2.75, 3.05) is 5.32 Å². The predicted octanol–water partition coefficient (Wildman–Crippen LogP) is 6.19. The van der Waals surface area contributed by atoms with Crippen LogP contribution in [0.25, 0.3) is 22.3 Å². The Labute approximate surface area is 204 Å². The first-order valence-electron chi connectivity index (χ1n) is 11.1. The molecule has 1 amide bonds. The number of aryl methyl sites for hydroxylation is 1. The van der Waals surface area contributed by atoms with Gasteiger partial charge in [0.25, 0.3) is 5.91 Å². The van der Waals surface area contributed by atoms with Gasteiger partial charge in [0.2, 0.25) is 0 Å². The van der Waals surface area contributed by atoms with Crippen LogP contribution in [0.15, 0.2) is 79.3 Å². The van der Waals surface area contributed by atoms with E-state index in [0.29, 0.717) is 17.9 Å². The average Bonchev–Trinajstić information content (AvgIpc) is 3.34. The maximum absolute atomic E-state index is 13.0. The first kappa shape index (κ1) is 23.2. The number of rotatable bonds is 5. The van der Waals surface area contributed by atoms with Crippen LogP contribution >= 0.6 is 0 Å². The number of H-pyrrole nitrogens is 1. The molecule has 36 heavy (non-hydrogen) atoms. The van der Waals surface area contributed by atoms with E-state index < -0.39 is 17.6 Å². The zero-order valence-electron chi connectivity index (χ0n) is 19.1. The summed E-state index contributed by atoms with van der Waals surface area (Å²) in [6, 6.07) is 15.4. The number of amides is 1. The number of anilines is 1. The maximum atomic E-state index is 13.0. The van der Waals surface area contributed by atoms with Gasteiger partial charge in [0.15, 0.2) is 0 Å². The quantitative estimate of drug-likeness (QED) is 0.310. The van der Waals surface area contributed by atoms with Crippen molar-refractivity contribution in [3.05, 3.63) is 107 Å². The second-order valence-corrected chi connectivity index (χ2v) is 8.32. The van der Waals surface area contributed by atoms with E-state index in [1.165, 1.54) is 12.1 Å². The summed E-state index contributed by atoms with van der Waals surface area (Å²) in [5, 5.41) is 2.67. The summed E-state index contributed by atoms with van der Waals surface area (Å²) >= 11 is 0. The number of halogens is 3. The molecule has 3 heterocycles. The fraction of sp³-hybridized carbons (Fsp3) is 0.111. The zero-order chi connectivity index (χ0) is 25.3. The van der Waals surface area contributed by atoms with Crippen LogP contribution in [0.4, 0.5) is 18.9 Å². The molecule has 0 saturated carbocycles. The highest BCUT2D eigenvalue weighted by Crippen LogP contribution is 2.30. The summed E-state index contributed by atoms with van der Waals surface area (Å²) in [6.45, 7) is 1.89. The topological polar surface area (TPSA) is 83.6 Å². The number of nitrogens with zero attached hydrogens (tertiary/aromatic N) is 3. The summed E-state index contributed by atoms with van der Waals surface area (Å²) in [5.74, 6) is 0.0143. The second-order valence-electron chi connectivity index (χ2n) is 8.32. The molecule has 2 N–H and O–H groups in total. The van der Waals surface area contributed by atoms with E-state index in [2.05, 4.69) is 20.3 Å². The van der Waals surface area contributed by atoms with Crippen molar-refractivity contribution in [1.29, 1.82) is 0 Å². The van der Waals surface area contributed by atoms with Crippen LogP contribution in [-0.4, -0.2) is 25.8 Å². The molecule has 2 aromatic carbocycles. The Kier molecular flexibility index (Phi) is 5.97. The smallest absolute Gasteiger partial charge is 0.358 e. The molecule has 180 valence electrons. The van der Waals surface area contributed by atoms with E-state index in [-0.39, 0.29) is 5.56 Å². The number of carbonyl (C=O) groups excluding carboxylic acids is 1. The Balaban J connectivity index is 1.37. The number of aromatic nitrogens is 4. The number of aromatic amines is 1. The Morgan fingerprint density at radius 2 is 1.89 bits per heavy atom. The van der Waals surface area contributed by atoms with Crippen molar-refractivity contribution >= 4 is 22.6 Å². The van der Waals surface area contributed by atoms with E-state index in [4.69, 9.17) is 4.98 Å². The number of nitrogens with one attached hydrogen (secondary N) is 2. The van der Waals surface area contributed by atoms with Crippen molar-refractivity contribution in [2.45, 2.75) is 19.5 Å². The van der Waals surface area contributed by atoms with Gasteiger partial charge in [-0.3, -0.25) is 9.78 Å². The lowest BCUT2D eigenvalue weighted by molar-refractivity contribution is -0.137. The number of alkyl halides is 3. The normalized spacial score (nSPS) is 11.6. The van der Waals surface area contributed by atoms with Gasteiger partial charge >= 0.3 is 6.18 Å². The SMILES string of the molecule is Cc1cc(NC(=O)c2cccc(C(F)(F)F)c2)ccc1Cc1nc(-c2cccnc2)c2[nH]ccc2n1. The van der Waals surface area contributed by atoms with Gasteiger partial charge in [-0.2, -0.15) is 13.2 Å². The molecular weight excluding hydrogens is 467 g/mol. The van der Waals surface area contributed by atoms with Crippen LogP contribution in [0.2, 0.25) is 0 Å². The molecule has 3 aromatic heterocycles. The molecule has 0 aliphatic carbocycles. The summed E-state index contributed by atoms with van der Waals surface area (Å²) in [4.78, 5) is 29.4. The number of benzene rings is 2. The summed E-state index contributed by atoms with van der Waals surface area (Å²) < 4.78 is 38.9. The summed E-state index contributed by atoms with van der Waals surface area (Å²) in [5.41, 5.74) is 4.65. The highest BCUT2D eigenvalue weighted by molar-refractivity contribution is 6.04. The monoisotopic (exact) mass is 487 g/mol. The van der Waals surface area contributed by atoms with Crippen LogP contribution < -0.4 is 5.32 Å². The van der Waals surface area contributed by atoms with Crippen LogP contribution in [0.1, 0.15) is 32.9 Å². The van der Waals surface area contributed by atoms with E-state index in [9.17, 15) is 18.0 Å². The number of carbonyl (C=O) groups is 1. The van der Waals surface area contributed by atoms with Gasteiger partial charge < -0.3 is 10.3 Å². The zero-order valence-corrected chi connectivity index (χ0v) is 19.1. The highest BCUT2D eigenvalue weighted by Gasteiger charge is 2.30. The van der Waals surface area contributed by atoms with Crippen molar-refractivity contribution in [1.82, 2.24) is 19.9 Å². The van der Waals surface area contributed by atoms with E-state index in [0.717, 1.165) is 45.6 Å². The molecule has 0 radical (unpaired) electrons. The minimum Gasteiger partial charge on any atom is -0.358 e. The Hall–Kier alpha value is -4.53. The lowest BCUT2D eigenvalue weighted by atomic mass is 10.0. The summed E-state index contributed by atoms with van der Waals surface area (Å²) in [7, 11) is 0. The van der Waals surface area contributed by atoms with E-state index >= 15 is 0 Å². The fourth-order valence-electron chi connectivity index (χ4n) is 3.97. The Bertz CT molecular complexity index is 1560. The van der Waals surface area contributed by atoms with Gasteiger partial charge in [-0.25, -0.2) is 9.97 Å². The minimum absolute atomic E-state index is 0.0670. The molecule has 0 aliphatic heterocycles. The number of hydrogen-bond acceptors (Lipinski definition) is 4. The third-order valence-electron chi connectivity index (χ3n) is 5.79. The van der Waals surface area contributed by atoms with Gasteiger partial charge in [0, 0.05) is 41.8 Å². The van der Waals surface area contributed by atoms with Gasteiger partial charge in [-0.05, 0) is 66.6 Å². The summed E-state index contributed by atoms with van der Waals surface area (Å²) in [6.07, 6.45) is 1.21. The lowest BCUT2D eigenvalue weighted by Gasteiger charge is -2.12. The molecule has 0 unspecified atom stereocenters. The molecule has 9 heteroatoms. The number of pyridine rings is 1. The van der Waals surface area contributed by atoms with Crippen molar-refractivity contribution in [2.24, 2.45) is 0 Å². The van der Waals surface area contributed by atoms with Crippen LogP contribution in [-0.2, 0) is 12.6 Å². The first-order valence-corrected chi connectivity index (χ1v) is 11.1. The second kappa shape index (κ2) is 9.26. The highest BCUT2D eigenvalue weighted by atomic mass is 19.4. The Morgan fingerprint density at radius 3 is 2.64 bits per heavy atom. The van der Waals surface area contributed by atoms with Crippen LogP contribution in [0.3, 0.4) is 0 Å². The van der Waals surface area contributed by atoms with Crippen LogP contribution in [0, 0.1) is 6.92 Å². The molecule has 0 bridgehead atoms. The van der Waals surface area contributed by atoms with Gasteiger partial charge in [0.1, 0.15) is 5.82 Å². The first-order chi connectivity index (χ1) is 17.3. The van der Waals surface area contributed by atoms with Crippen molar-refractivity contribution in [3.63, 3.8) is 0 Å². The fourth-order valence-corrected chi connectivity index (χ4v) is 3.97. The molecule has 0 spiro atoms. The van der Waals surface area contributed by atoms with Crippen molar-refractivity contribution in [3.8, 4) is 11.3 Å². The molecule has 0 atom stereocenters. The molecule has 0 fully saturated rings. The molecular formula is C27H20F3N5O. The van der Waals surface area contributed by atoms with Gasteiger partial charge in [-0.15, -0.1) is 0 Å². The molecule has 0 saturated heterocycles. The standard InChI is InChI=1S/C27H20F3N5O/c1-16-12-21(33-26(36)18-4-2-6-20(13-18)27(28,29)30)8-7-17(16)14-23-34-22-9-11-32-25(22)24(35-23)19-5-3-10-31-15-19/h2-13,15,32H,14H2,1H3,(H,33,36). The van der Waals surface area contributed by atoms with Gasteiger partial charge in [0.05, 0.1) is 22.3 Å². The molecule has 6 nitrogen and oxygen atoms in total. The van der Waals surface area contributed by atoms with Crippen molar-refractivity contribution < 1.29 is 18.0 Å². The molecule has 5 aromatic rings. The average molecular weight is 487 g/mol. The maximum Gasteiger partial charge on any atom is 0.416 e. The van der Waals surface area contributed by atoms with E-state index in [1.807, 2.05) is 37.4 Å². The largest absolute Gasteiger partial charge is 0.416 e. The molecule has 5 rings (SSSR count). The third kappa shape index (κ3) is 4.81. The minimum atomic E-state index is -4.52. The van der Waals surface area contributed by atoms with Gasteiger partial charge in [-0.1, -0.05) is 12.1 Å². The number of fused-ring (bicyclic) bond motifs is 1. The molecule has 0 aliphatic rings. The number of hydrogen-bond donors (Lipinski definition) is 2.